The number of hydrogen-bond donors (Lipinski definition) is 2. The highest BCUT2D eigenvalue weighted by molar-refractivity contribution is 7.15. The second kappa shape index (κ2) is 9.29. The minimum Gasteiger partial charge on any atom is -0.325 e. The van der Waals surface area contributed by atoms with Crippen LogP contribution in [0.15, 0.2) is 47.5 Å². The zero-order chi connectivity index (χ0) is 28.6. The Balaban J connectivity index is 1.22. The van der Waals surface area contributed by atoms with Gasteiger partial charge >= 0.3 is 0 Å². The zero-order valence-corrected chi connectivity index (χ0v) is 24.4. The number of thiophene rings is 1. The molecule has 1 aliphatic carbocycles. The van der Waals surface area contributed by atoms with E-state index in [4.69, 9.17) is 22.0 Å². The number of halogens is 1. The molecule has 0 bridgehead atoms. The molecule has 1 fully saturated rings. The Bertz CT molecular complexity index is 1830. The molecule has 4 aromatic rings. The summed E-state index contributed by atoms with van der Waals surface area (Å²) in [4.78, 5) is 32.3. The maximum absolute atomic E-state index is 13.5. The van der Waals surface area contributed by atoms with Gasteiger partial charge in [-0.15, -0.1) is 21.5 Å². The number of anilines is 1. The van der Waals surface area contributed by atoms with Crippen molar-refractivity contribution in [2.24, 2.45) is 4.99 Å². The number of amides is 1. The van der Waals surface area contributed by atoms with Gasteiger partial charge in [0.05, 0.1) is 11.1 Å². The summed E-state index contributed by atoms with van der Waals surface area (Å²) in [5, 5.41) is 22.2. The molecule has 1 saturated carbocycles. The van der Waals surface area contributed by atoms with Gasteiger partial charge in [0, 0.05) is 45.3 Å². The van der Waals surface area contributed by atoms with E-state index < -0.39 is 11.5 Å². The third-order valence-electron chi connectivity index (χ3n) is 8.47. The van der Waals surface area contributed by atoms with Gasteiger partial charge in [0.25, 0.3) is 0 Å². The van der Waals surface area contributed by atoms with Crippen molar-refractivity contribution in [2.75, 3.05) is 5.32 Å². The van der Waals surface area contributed by atoms with Crippen molar-refractivity contribution in [3.8, 4) is 5.00 Å². The SMILES string of the molecule is Cc1sc2c(c1C)C(c1ccc(Cl)cc1)=N[C@@H](CC(=O)CC(=N)c1ccc3c(c1)C1(CC1)C(=O)N3)c1nnc(C)n1-2. The van der Waals surface area contributed by atoms with Crippen LogP contribution in [0.2, 0.25) is 5.02 Å². The van der Waals surface area contributed by atoms with E-state index in [-0.39, 0.29) is 30.2 Å². The van der Waals surface area contributed by atoms with Crippen LogP contribution >= 0.6 is 22.9 Å². The first-order valence-corrected chi connectivity index (χ1v) is 14.8. The van der Waals surface area contributed by atoms with E-state index in [1.807, 2.05) is 54.0 Å². The van der Waals surface area contributed by atoms with Crippen LogP contribution in [0, 0.1) is 26.2 Å². The number of rotatable bonds is 6. The quantitative estimate of drug-likeness (QED) is 0.263. The van der Waals surface area contributed by atoms with Gasteiger partial charge in [-0.05, 0) is 74.6 Å². The molecule has 1 amide bonds. The molecule has 0 unspecified atom stereocenters. The summed E-state index contributed by atoms with van der Waals surface area (Å²) in [5.74, 6) is 1.27. The number of ketones is 1. The first kappa shape index (κ1) is 26.0. The Morgan fingerprint density at radius 1 is 1.15 bits per heavy atom. The number of carbonyl (C=O) groups is 2. The van der Waals surface area contributed by atoms with Gasteiger partial charge < -0.3 is 10.7 Å². The zero-order valence-electron chi connectivity index (χ0n) is 22.8. The molecule has 1 atom stereocenters. The van der Waals surface area contributed by atoms with Gasteiger partial charge in [0.1, 0.15) is 22.7 Å². The molecule has 2 aromatic heterocycles. The van der Waals surface area contributed by atoms with E-state index in [9.17, 15) is 9.59 Å². The normalized spacial score (nSPS) is 17.8. The van der Waals surface area contributed by atoms with Gasteiger partial charge in [0.15, 0.2) is 5.82 Å². The fourth-order valence-electron chi connectivity index (χ4n) is 5.94. The number of aryl methyl sites for hydroxylation is 2. The summed E-state index contributed by atoms with van der Waals surface area (Å²) < 4.78 is 2.02. The summed E-state index contributed by atoms with van der Waals surface area (Å²) in [6, 6.07) is 12.6. The van der Waals surface area contributed by atoms with Gasteiger partial charge in [-0.1, -0.05) is 29.8 Å². The molecule has 206 valence electrons. The minimum absolute atomic E-state index is 0.0355. The molecule has 8 nitrogen and oxygen atoms in total. The number of benzene rings is 2. The van der Waals surface area contributed by atoms with E-state index in [1.165, 1.54) is 4.88 Å². The van der Waals surface area contributed by atoms with Gasteiger partial charge in [0.2, 0.25) is 5.91 Å². The van der Waals surface area contributed by atoms with Gasteiger partial charge in [-0.3, -0.25) is 19.1 Å². The summed E-state index contributed by atoms with van der Waals surface area (Å²) in [6.07, 6.45) is 1.69. The molecular weight excluding hydrogens is 556 g/mol. The largest absolute Gasteiger partial charge is 0.325 e. The lowest BCUT2D eigenvalue weighted by Crippen LogP contribution is -2.18. The van der Waals surface area contributed by atoms with Crippen LogP contribution in [-0.4, -0.2) is 37.9 Å². The molecule has 41 heavy (non-hydrogen) atoms. The third kappa shape index (κ3) is 4.09. The lowest BCUT2D eigenvalue weighted by molar-refractivity contribution is -0.118. The highest BCUT2D eigenvalue weighted by Gasteiger charge is 2.56. The van der Waals surface area contributed by atoms with Crippen molar-refractivity contribution in [2.45, 2.75) is 57.9 Å². The Morgan fingerprint density at radius 2 is 1.90 bits per heavy atom. The van der Waals surface area contributed by atoms with Crippen LogP contribution in [0.3, 0.4) is 0 Å². The molecule has 2 aromatic carbocycles. The number of fused-ring (bicyclic) bond motifs is 5. The smallest absolute Gasteiger partial charge is 0.235 e. The molecule has 3 aliphatic rings. The summed E-state index contributed by atoms with van der Waals surface area (Å²) in [6.45, 7) is 6.09. The molecule has 2 aliphatic heterocycles. The molecule has 7 rings (SSSR count). The number of Topliss-reactive ketones (excluding diaryl/α,β-unsaturated/α-hetero) is 1. The number of carbonyl (C=O) groups excluding carboxylic acids is 2. The Labute approximate surface area is 246 Å². The van der Waals surface area contributed by atoms with E-state index in [0.29, 0.717) is 16.4 Å². The lowest BCUT2D eigenvalue weighted by atomic mass is 9.93. The maximum atomic E-state index is 13.5. The second-order valence-corrected chi connectivity index (χ2v) is 12.7. The molecule has 0 saturated heterocycles. The topological polar surface area (TPSA) is 113 Å². The number of hydrogen-bond acceptors (Lipinski definition) is 7. The van der Waals surface area contributed by atoms with Crippen LogP contribution in [-0.2, 0) is 15.0 Å². The predicted octanol–water partition coefficient (Wildman–Crippen LogP) is 6.20. The van der Waals surface area contributed by atoms with Crippen molar-refractivity contribution in [1.82, 2.24) is 14.8 Å². The second-order valence-electron chi connectivity index (χ2n) is 11.1. The fraction of sp³-hybridized carbons (Fsp3) is 0.290. The Morgan fingerprint density at radius 3 is 2.63 bits per heavy atom. The third-order valence-corrected chi connectivity index (χ3v) is 9.91. The lowest BCUT2D eigenvalue weighted by Gasteiger charge is -2.13. The summed E-state index contributed by atoms with van der Waals surface area (Å²) in [5.41, 5.74) is 6.05. The number of nitrogens with one attached hydrogen (secondary N) is 2. The van der Waals surface area contributed by atoms with Crippen molar-refractivity contribution in [1.29, 1.82) is 5.41 Å². The van der Waals surface area contributed by atoms with E-state index in [2.05, 4.69) is 29.4 Å². The molecule has 10 heteroatoms. The highest BCUT2D eigenvalue weighted by Crippen LogP contribution is 2.55. The van der Waals surface area contributed by atoms with Crippen molar-refractivity contribution in [3.05, 3.63) is 91.8 Å². The molecular formula is C31H27ClN6O2S. The van der Waals surface area contributed by atoms with E-state index in [0.717, 1.165) is 57.3 Å². The first-order chi connectivity index (χ1) is 19.7. The Kier molecular flexibility index (Phi) is 5.89. The number of aromatic nitrogens is 3. The molecule has 4 heterocycles. The monoisotopic (exact) mass is 582 g/mol. The summed E-state index contributed by atoms with van der Waals surface area (Å²) >= 11 is 7.87. The minimum atomic E-state index is -0.571. The van der Waals surface area contributed by atoms with Crippen molar-refractivity contribution >= 4 is 51.7 Å². The Hall–Kier alpha value is -3.95. The maximum Gasteiger partial charge on any atom is 0.235 e. The average Bonchev–Trinajstić information content (AvgIpc) is 3.54. The van der Waals surface area contributed by atoms with Gasteiger partial charge in [-0.25, -0.2) is 0 Å². The molecule has 0 radical (unpaired) electrons. The van der Waals surface area contributed by atoms with E-state index in [1.54, 1.807) is 11.3 Å². The fourth-order valence-corrected chi connectivity index (χ4v) is 7.28. The van der Waals surface area contributed by atoms with E-state index >= 15 is 0 Å². The van der Waals surface area contributed by atoms with Crippen LogP contribution in [0.4, 0.5) is 5.69 Å². The molecule has 1 spiro atoms. The number of nitrogens with zero attached hydrogens (tertiary/aromatic N) is 4. The van der Waals surface area contributed by atoms with Crippen molar-refractivity contribution in [3.63, 3.8) is 0 Å². The van der Waals surface area contributed by atoms with Crippen molar-refractivity contribution < 1.29 is 9.59 Å². The summed E-state index contributed by atoms with van der Waals surface area (Å²) in [7, 11) is 0. The van der Waals surface area contributed by atoms with Crippen LogP contribution in [0.5, 0.6) is 0 Å². The van der Waals surface area contributed by atoms with Crippen LogP contribution < -0.4 is 5.32 Å². The first-order valence-electron chi connectivity index (χ1n) is 13.6. The average molecular weight is 583 g/mol. The standard InChI is InChI=1S/C31H27ClN6O2S/c1-15-16(2)41-29-26(15)27(18-4-7-20(32)8-5-18)34-25(28-37-36-17(3)38(28)29)14-21(39)13-23(33)19-6-9-24-22(12-19)31(10-11-31)30(40)35-24/h4-9,12,25,33H,10-11,13-14H2,1-3H3,(H,35,40)/t25-/m0/s1. The number of aliphatic imine (C=N–C) groups is 1. The highest BCUT2D eigenvalue weighted by atomic mass is 35.5. The van der Waals surface area contributed by atoms with Crippen LogP contribution in [0.1, 0.15) is 76.1 Å². The molecule has 2 N–H and O–H groups in total. The predicted molar refractivity (Wildman–Crippen MR) is 160 cm³/mol. The van der Waals surface area contributed by atoms with Crippen LogP contribution in [0.25, 0.3) is 5.00 Å². The van der Waals surface area contributed by atoms with Gasteiger partial charge in [-0.2, -0.15) is 0 Å².